The number of benzene rings is 2. The molecule has 3 fully saturated rings. The second-order valence-electron chi connectivity index (χ2n) is 9.71. The number of amides is 2. The van der Waals surface area contributed by atoms with Crippen molar-refractivity contribution in [3.63, 3.8) is 0 Å². The summed E-state index contributed by atoms with van der Waals surface area (Å²) >= 11 is 0. The summed E-state index contributed by atoms with van der Waals surface area (Å²) < 4.78 is 10.8. The third-order valence-electron chi connectivity index (χ3n) is 7.82. The lowest BCUT2D eigenvalue weighted by Gasteiger charge is -2.52. The Morgan fingerprint density at radius 1 is 1.06 bits per heavy atom. The molecular formula is C27H30N2O6. The van der Waals surface area contributed by atoms with E-state index in [0.717, 1.165) is 35.1 Å². The molecule has 184 valence electrons. The van der Waals surface area contributed by atoms with Gasteiger partial charge < -0.3 is 24.8 Å². The van der Waals surface area contributed by atoms with Gasteiger partial charge in [0, 0.05) is 19.6 Å². The Balaban J connectivity index is 1.28. The first-order chi connectivity index (χ1) is 16.9. The molecule has 2 saturated heterocycles. The van der Waals surface area contributed by atoms with E-state index in [9.17, 15) is 19.5 Å². The minimum Gasteiger partial charge on any atom is -0.479 e. The van der Waals surface area contributed by atoms with E-state index in [4.69, 9.17) is 9.47 Å². The molecule has 1 atom stereocenters. The van der Waals surface area contributed by atoms with Gasteiger partial charge in [0.15, 0.2) is 0 Å². The third kappa shape index (κ3) is 4.05. The lowest BCUT2D eigenvalue weighted by Crippen LogP contribution is -2.67. The molecule has 8 nitrogen and oxygen atoms in total. The summed E-state index contributed by atoms with van der Waals surface area (Å²) in [6.45, 7) is 0.441. The molecule has 1 unspecified atom stereocenters. The maximum Gasteiger partial charge on any atom is 0.407 e. The second-order valence-corrected chi connectivity index (χ2v) is 9.71. The molecule has 0 spiro atoms. The number of nitrogens with one attached hydrogen (secondary N) is 1. The highest BCUT2D eigenvalue weighted by molar-refractivity contribution is 5.92. The van der Waals surface area contributed by atoms with Gasteiger partial charge in [-0.15, -0.1) is 0 Å². The fraction of sp³-hybridized carbons (Fsp3) is 0.444. The lowest BCUT2D eigenvalue weighted by atomic mass is 9.70. The van der Waals surface area contributed by atoms with Crippen LogP contribution >= 0.6 is 0 Å². The summed E-state index contributed by atoms with van der Waals surface area (Å²) in [4.78, 5) is 39.8. The standard InChI is InChI=1S/C27H30N2O6/c1-34-16-23(24(30)29-14-17-10-12-27(29,13-11-17)25(31)32)28-26(33)35-15-22-20-8-4-2-6-18(20)19-7-3-5-9-21(19)22/h2-9,17,22-23H,10-16H2,1H3,(H,28,33)(H,31,32). The summed E-state index contributed by atoms with van der Waals surface area (Å²) in [6.07, 6.45) is 1.73. The molecule has 1 saturated carbocycles. The number of methoxy groups -OCH3 is 1. The number of carbonyl (C=O) groups excluding carboxylic acids is 2. The number of ether oxygens (including phenoxy) is 2. The van der Waals surface area contributed by atoms with Gasteiger partial charge in [-0.05, 0) is 53.9 Å². The van der Waals surface area contributed by atoms with E-state index >= 15 is 0 Å². The number of aliphatic carboxylic acids is 1. The predicted octanol–water partition coefficient (Wildman–Crippen LogP) is 3.40. The smallest absolute Gasteiger partial charge is 0.407 e. The van der Waals surface area contributed by atoms with Crippen molar-refractivity contribution in [1.82, 2.24) is 10.2 Å². The average Bonchev–Trinajstić information content (AvgIpc) is 3.21. The van der Waals surface area contributed by atoms with Crippen LogP contribution in [0, 0.1) is 5.92 Å². The Kier molecular flexibility index (Phi) is 6.23. The molecule has 2 aliphatic carbocycles. The van der Waals surface area contributed by atoms with Crippen LogP contribution in [-0.4, -0.2) is 66.4 Å². The number of carboxylic acid groups (broad SMARTS) is 1. The largest absolute Gasteiger partial charge is 0.479 e. The number of alkyl carbamates (subject to hydrolysis) is 1. The number of nitrogens with zero attached hydrogens (tertiary/aromatic N) is 1. The maximum absolute atomic E-state index is 13.4. The molecule has 0 aromatic heterocycles. The predicted molar refractivity (Wildman–Crippen MR) is 128 cm³/mol. The van der Waals surface area contributed by atoms with E-state index in [0.29, 0.717) is 19.4 Å². The maximum atomic E-state index is 13.4. The van der Waals surface area contributed by atoms with Crippen molar-refractivity contribution in [1.29, 1.82) is 0 Å². The van der Waals surface area contributed by atoms with Crippen LogP contribution in [0.2, 0.25) is 0 Å². The van der Waals surface area contributed by atoms with Crippen molar-refractivity contribution in [2.45, 2.75) is 43.2 Å². The number of carbonyl (C=O) groups is 3. The van der Waals surface area contributed by atoms with Crippen LogP contribution < -0.4 is 5.32 Å². The molecule has 35 heavy (non-hydrogen) atoms. The van der Waals surface area contributed by atoms with Crippen LogP contribution in [-0.2, 0) is 19.1 Å². The van der Waals surface area contributed by atoms with Crippen LogP contribution in [0.4, 0.5) is 4.79 Å². The van der Waals surface area contributed by atoms with Gasteiger partial charge in [-0.1, -0.05) is 48.5 Å². The van der Waals surface area contributed by atoms with E-state index in [2.05, 4.69) is 17.4 Å². The molecule has 6 rings (SSSR count). The molecule has 2 aliphatic heterocycles. The fourth-order valence-electron chi connectivity index (χ4n) is 5.98. The quantitative estimate of drug-likeness (QED) is 0.632. The minimum absolute atomic E-state index is 0.0695. The third-order valence-corrected chi connectivity index (χ3v) is 7.82. The molecular weight excluding hydrogens is 448 g/mol. The minimum atomic E-state index is -1.21. The molecule has 2 bridgehead atoms. The van der Waals surface area contributed by atoms with Crippen LogP contribution in [0.1, 0.15) is 42.7 Å². The van der Waals surface area contributed by atoms with Crippen molar-refractivity contribution in [3.8, 4) is 11.1 Å². The summed E-state index contributed by atoms with van der Waals surface area (Å²) in [6, 6.07) is 15.1. The lowest BCUT2D eigenvalue weighted by molar-refractivity contribution is -0.171. The number of hydrogen-bond acceptors (Lipinski definition) is 5. The summed E-state index contributed by atoms with van der Waals surface area (Å²) in [5, 5.41) is 12.6. The highest BCUT2D eigenvalue weighted by Gasteiger charge is 2.54. The van der Waals surface area contributed by atoms with Gasteiger partial charge in [-0.3, -0.25) is 4.79 Å². The molecule has 2 aromatic rings. The zero-order chi connectivity index (χ0) is 24.6. The van der Waals surface area contributed by atoms with Gasteiger partial charge in [0.25, 0.3) is 0 Å². The van der Waals surface area contributed by atoms with E-state index in [-0.39, 0.29) is 25.0 Å². The molecule has 2 heterocycles. The van der Waals surface area contributed by atoms with Crippen LogP contribution in [0.15, 0.2) is 48.5 Å². The molecule has 2 amide bonds. The summed E-state index contributed by atoms with van der Waals surface area (Å²) in [5.41, 5.74) is 3.24. The Hall–Kier alpha value is -3.39. The number of rotatable bonds is 7. The van der Waals surface area contributed by atoms with Crippen molar-refractivity contribution in [2.24, 2.45) is 5.92 Å². The topological polar surface area (TPSA) is 105 Å². The van der Waals surface area contributed by atoms with Gasteiger partial charge in [-0.25, -0.2) is 9.59 Å². The first-order valence-corrected chi connectivity index (χ1v) is 12.1. The second kappa shape index (κ2) is 9.34. The summed E-state index contributed by atoms with van der Waals surface area (Å²) in [5.74, 6) is -1.23. The van der Waals surface area contributed by atoms with E-state index in [1.807, 2.05) is 36.4 Å². The molecule has 0 radical (unpaired) electrons. The van der Waals surface area contributed by atoms with Crippen molar-refractivity contribution in [2.75, 3.05) is 26.9 Å². The molecule has 2 N–H and O–H groups in total. The van der Waals surface area contributed by atoms with Crippen LogP contribution in [0.5, 0.6) is 0 Å². The normalized spacial score (nSPS) is 23.3. The van der Waals surface area contributed by atoms with Crippen LogP contribution in [0.3, 0.4) is 0 Å². The zero-order valence-electron chi connectivity index (χ0n) is 19.7. The van der Waals surface area contributed by atoms with Crippen molar-refractivity contribution in [3.05, 3.63) is 59.7 Å². The Morgan fingerprint density at radius 2 is 1.66 bits per heavy atom. The number of carboxylic acids is 1. The van der Waals surface area contributed by atoms with Crippen molar-refractivity contribution >= 4 is 18.0 Å². The number of fused-ring (bicyclic) bond motifs is 6. The first-order valence-electron chi connectivity index (χ1n) is 12.1. The van der Waals surface area contributed by atoms with Gasteiger partial charge in [0.05, 0.1) is 6.61 Å². The van der Waals surface area contributed by atoms with Crippen LogP contribution in [0.25, 0.3) is 11.1 Å². The van der Waals surface area contributed by atoms with Gasteiger partial charge in [0.2, 0.25) is 5.91 Å². The zero-order valence-corrected chi connectivity index (χ0v) is 19.7. The highest BCUT2D eigenvalue weighted by atomic mass is 16.5. The number of piperidine rings is 2. The van der Waals surface area contributed by atoms with E-state index in [1.165, 1.54) is 12.0 Å². The highest BCUT2D eigenvalue weighted by Crippen LogP contribution is 2.45. The van der Waals surface area contributed by atoms with E-state index < -0.39 is 29.6 Å². The Bertz CT molecular complexity index is 1090. The Labute approximate surface area is 204 Å². The summed E-state index contributed by atoms with van der Waals surface area (Å²) in [7, 11) is 1.44. The monoisotopic (exact) mass is 478 g/mol. The van der Waals surface area contributed by atoms with Gasteiger partial charge in [-0.2, -0.15) is 0 Å². The average molecular weight is 479 g/mol. The molecule has 4 aliphatic rings. The van der Waals surface area contributed by atoms with Gasteiger partial charge >= 0.3 is 12.1 Å². The molecule has 2 aromatic carbocycles. The molecule has 8 heteroatoms. The number of hydrogen-bond donors (Lipinski definition) is 2. The Morgan fingerprint density at radius 3 is 2.23 bits per heavy atom. The fourth-order valence-corrected chi connectivity index (χ4v) is 5.98. The van der Waals surface area contributed by atoms with Gasteiger partial charge in [0.1, 0.15) is 18.2 Å². The first kappa shape index (κ1) is 23.4. The van der Waals surface area contributed by atoms with E-state index in [1.54, 1.807) is 0 Å². The van der Waals surface area contributed by atoms with Crippen molar-refractivity contribution < 1.29 is 29.0 Å². The SMILES string of the molecule is COCC(NC(=O)OCC1c2ccccc2-c2ccccc21)C(=O)N1CC2CCC1(C(=O)O)CC2.